The molecule has 162 valence electrons. The van der Waals surface area contributed by atoms with Gasteiger partial charge in [-0.05, 0) is 61.0 Å². The molecule has 9 heteroatoms. The Morgan fingerprint density at radius 1 is 0.938 bits per heavy atom. The van der Waals surface area contributed by atoms with Gasteiger partial charge in [0.15, 0.2) is 5.13 Å². The van der Waals surface area contributed by atoms with E-state index in [1.807, 2.05) is 25.1 Å². The second-order valence-corrected chi connectivity index (χ2v) is 9.65. The molecule has 0 atom stereocenters. The number of nitrogens with zero attached hydrogens (tertiary/aromatic N) is 1. The van der Waals surface area contributed by atoms with E-state index in [4.69, 9.17) is 0 Å². The molecule has 0 aliphatic carbocycles. The van der Waals surface area contributed by atoms with Crippen molar-refractivity contribution in [3.8, 4) is 0 Å². The normalized spacial score (nSPS) is 11.2. The molecule has 0 saturated heterocycles. The first kappa shape index (κ1) is 21.7. The standard InChI is InChI=1S/C23H18FN3O3S2/c1-15-4-2-3-5-20(15)22(28)21-14-25-23(31-21)26-17-8-10-18(11-9-17)27-32(29,30)19-12-6-16(24)7-13-19/h2-14,27H,1H3,(H,25,26). The van der Waals surface area contributed by atoms with Gasteiger partial charge in [0.1, 0.15) is 5.82 Å². The summed E-state index contributed by atoms with van der Waals surface area (Å²) in [6, 6.07) is 18.5. The first-order valence-corrected chi connectivity index (χ1v) is 11.8. The molecule has 1 heterocycles. The molecule has 32 heavy (non-hydrogen) atoms. The highest BCUT2D eigenvalue weighted by atomic mass is 32.2. The maximum Gasteiger partial charge on any atom is 0.261 e. The van der Waals surface area contributed by atoms with Crippen LogP contribution in [0.25, 0.3) is 0 Å². The van der Waals surface area contributed by atoms with Crippen molar-refractivity contribution in [3.05, 3.63) is 101 Å². The second-order valence-electron chi connectivity index (χ2n) is 6.94. The van der Waals surface area contributed by atoms with Gasteiger partial charge in [-0.1, -0.05) is 35.6 Å². The third-order valence-corrected chi connectivity index (χ3v) is 6.94. The van der Waals surface area contributed by atoms with Gasteiger partial charge in [-0.3, -0.25) is 9.52 Å². The van der Waals surface area contributed by atoms with Crippen molar-refractivity contribution >= 4 is 43.6 Å². The van der Waals surface area contributed by atoms with Crippen LogP contribution in [0.3, 0.4) is 0 Å². The van der Waals surface area contributed by atoms with Crippen molar-refractivity contribution in [1.82, 2.24) is 4.98 Å². The van der Waals surface area contributed by atoms with Crippen LogP contribution in [0.15, 0.2) is 83.9 Å². The molecule has 0 amide bonds. The number of carbonyl (C=O) groups excluding carboxylic acids is 1. The highest BCUT2D eigenvalue weighted by molar-refractivity contribution is 7.92. The Morgan fingerprint density at radius 3 is 2.28 bits per heavy atom. The van der Waals surface area contributed by atoms with Crippen LogP contribution in [0.5, 0.6) is 0 Å². The van der Waals surface area contributed by atoms with Gasteiger partial charge >= 0.3 is 0 Å². The van der Waals surface area contributed by atoms with E-state index >= 15 is 0 Å². The van der Waals surface area contributed by atoms with E-state index in [2.05, 4.69) is 15.0 Å². The maximum absolute atomic E-state index is 13.0. The monoisotopic (exact) mass is 467 g/mol. The van der Waals surface area contributed by atoms with Gasteiger partial charge in [0, 0.05) is 16.9 Å². The largest absolute Gasteiger partial charge is 0.332 e. The molecule has 1 aromatic heterocycles. The van der Waals surface area contributed by atoms with Crippen LogP contribution < -0.4 is 10.0 Å². The molecule has 4 aromatic rings. The van der Waals surface area contributed by atoms with Crippen molar-refractivity contribution < 1.29 is 17.6 Å². The molecule has 3 aromatic carbocycles. The smallest absolute Gasteiger partial charge is 0.261 e. The van der Waals surface area contributed by atoms with E-state index in [9.17, 15) is 17.6 Å². The Morgan fingerprint density at radius 2 is 1.59 bits per heavy atom. The quantitative estimate of drug-likeness (QED) is 0.357. The predicted octanol–water partition coefficient (Wildman–Crippen LogP) is 5.37. The number of ketones is 1. The molecule has 0 bridgehead atoms. The summed E-state index contributed by atoms with van der Waals surface area (Å²) in [4.78, 5) is 17.4. The molecule has 0 fully saturated rings. The van der Waals surface area contributed by atoms with Crippen molar-refractivity contribution in [3.63, 3.8) is 0 Å². The number of aryl methyl sites for hydroxylation is 1. The number of nitrogens with one attached hydrogen (secondary N) is 2. The number of halogens is 1. The number of anilines is 3. The van der Waals surface area contributed by atoms with Crippen LogP contribution in [0.4, 0.5) is 20.9 Å². The zero-order valence-electron chi connectivity index (χ0n) is 16.9. The fourth-order valence-corrected chi connectivity index (χ4v) is 4.82. The van der Waals surface area contributed by atoms with Crippen molar-refractivity contribution in [1.29, 1.82) is 0 Å². The van der Waals surface area contributed by atoms with E-state index < -0.39 is 15.8 Å². The molecule has 0 spiro atoms. The third kappa shape index (κ3) is 4.84. The molecule has 0 aliphatic heterocycles. The summed E-state index contributed by atoms with van der Waals surface area (Å²) in [5.74, 6) is -0.593. The molecule has 2 N–H and O–H groups in total. The van der Waals surface area contributed by atoms with Gasteiger partial charge in [0.2, 0.25) is 5.78 Å². The van der Waals surface area contributed by atoms with Crippen molar-refractivity contribution in [2.24, 2.45) is 0 Å². The molecular formula is C23H18FN3O3S2. The van der Waals surface area contributed by atoms with Crippen LogP contribution >= 0.6 is 11.3 Å². The Hall–Kier alpha value is -3.56. The van der Waals surface area contributed by atoms with Crippen LogP contribution in [0.1, 0.15) is 20.8 Å². The topological polar surface area (TPSA) is 88.2 Å². The lowest BCUT2D eigenvalue weighted by Crippen LogP contribution is -2.12. The molecule has 0 aliphatic rings. The van der Waals surface area contributed by atoms with Crippen LogP contribution in [-0.4, -0.2) is 19.2 Å². The molecule has 0 saturated carbocycles. The predicted molar refractivity (Wildman–Crippen MR) is 124 cm³/mol. The number of hydrogen-bond acceptors (Lipinski definition) is 6. The lowest BCUT2D eigenvalue weighted by Gasteiger charge is -2.09. The summed E-state index contributed by atoms with van der Waals surface area (Å²) < 4.78 is 40.3. The second kappa shape index (κ2) is 8.89. The average molecular weight is 468 g/mol. The highest BCUT2D eigenvalue weighted by Gasteiger charge is 2.16. The third-order valence-electron chi connectivity index (χ3n) is 4.63. The van der Waals surface area contributed by atoms with E-state index in [1.54, 1.807) is 30.3 Å². The van der Waals surface area contributed by atoms with Gasteiger partial charge in [-0.2, -0.15) is 0 Å². The molecule has 0 unspecified atom stereocenters. The van der Waals surface area contributed by atoms with Gasteiger partial charge < -0.3 is 5.32 Å². The fraction of sp³-hybridized carbons (Fsp3) is 0.0435. The first-order valence-electron chi connectivity index (χ1n) is 9.53. The van der Waals surface area contributed by atoms with E-state index in [0.717, 1.165) is 17.7 Å². The molecule has 4 rings (SSSR count). The Kier molecular flexibility index (Phi) is 6.02. The summed E-state index contributed by atoms with van der Waals surface area (Å²) in [5, 5.41) is 3.65. The average Bonchev–Trinajstić information content (AvgIpc) is 3.24. The number of thiazole rings is 1. The van der Waals surface area contributed by atoms with E-state index in [-0.39, 0.29) is 10.7 Å². The van der Waals surface area contributed by atoms with Gasteiger partial charge in [0.25, 0.3) is 10.0 Å². The number of rotatable bonds is 7. The zero-order valence-corrected chi connectivity index (χ0v) is 18.5. The van der Waals surface area contributed by atoms with Crippen molar-refractivity contribution in [2.75, 3.05) is 10.0 Å². The number of benzene rings is 3. The lowest BCUT2D eigenvalue weighted by molar-refractivity contribution is 0.104. The summed E-state index contributed by atoms with van der Waals surface area (Å²) in [5.41, 5.74) is 2.58. The zero-order chi connectivity index (χ0) is 22.7. The van der Waals surface area contributed by atoms with Gasteiger partial charge in [-0.25, -0.2) is 17.8 Å². The number of carbonyl (C=O) groups is 1. The van der Waals surface area contributed by atoms with Crippen molar-refractivity contribution in [2.45, 2.75) is 11.8 Å². The maximum atomic E-state index is 13.0. The SMILES string of the molecule is Cc1ccccc1C(=O)c1cnc(Nc2ccc(NS(=O)(=O)c3ccc(F)cc3)cc2)s1. The van der Waals surface area contributed by atoms with Gasteiger partial charge in [0.05, 0.1) is 16.0 Å². The highest BCUT2D eigenvalue weighted by Crippen LogP contribution is 2.26. The van der Waals surface area contributed by atoms with Crippen LogP contribution in [-0.2, 0) is 10.0 Å². The summed E-state index contributed by atoms with van der Waals surface area (Å²) in [6.07, 6.45) is 1.53. The van der Waals surface area contributed by atoms with E-state index in [0.29, 0.717) is 26.9 Å². The lowest BCUT2D eigenvalue weighted by atomic mass is 10.0. The fourth-order valence-electron chi connectivity index (χ4n) is 2.97. The number of hydrogen-bond donors (Lipinski definition) is 2. The van der Waals surface area contributed by atoms with Gasteiger partial charge in [-0.15, -0.1) is 0 Å². The minimum atomic E-state index is -3.82. The van der Waals surface area contributed by atoms with E-state index in [1.165, 1.54) is 29.7 Å². The number of aromatic nitrogens is 1. The van der Waals surface area contributed by atoms with Crippen LogP contribution in [0.2, 0.25) is 0 Å². The molecular weight excluding hydrogens is 449 g/mol. The minimum absolute atomic E-state index is 0.0327. The number of sulfonamides is 1. The minimum Gasteiger partial charge on any atom is -0.332 e. The summed E-state index contributed by atoms with van der Waals surface area (Å²) in [6.45, 7) is 1.89. The summed E-state index contributed by atoms with van der Waals surface area (Å²) in [7, 11) is -3.82. The Bertz CT molecular complexity index is 1370. The Labute approximate surface area is 188 Å². The summed E-state index contributed by atoms with van der Waals surface area (Å²) >= 11 is 1.24. The van der Waals surface area contributed by atoms with Crippen LogP contribution in [0, 0.1) is 12.7 Å². The molecule has 0 radical (unpaired) electrons. The Balaban J connectivity index is 1.44. The first-order chi connectivity index (χ1) is 15.3. The molecule has 6 nitrogen and oxygen atoms in total.